The summed E-state index contributed by atoms with van der Waals surface area (Å²) >= 11 is 0. The zero-order chi connectivity index (χ0) is 21.4. The van der Waals surface area contributed by atoms with E-state index in [-0.39, 0.29) is 56.4 Å². The molecule has 1 aromatic carbocycles. The van der Waals surface area contributed by atoms with Gasteiger partial charge in [0, 0.05) is 15.4 Å². The zero-order valence-electron chi connectivity index (χ0n) is 20.8. The van der Waals surface area contributed by atoms with Crippen molar-refractivity contribution in [3.8, 4) is 0 Å². The molecule has 3 aliphatic carbocycles. The first-order valence-electron chi connectivity index (χ1n) is 11.1. The summed E-state index contributed by atoms with van der Waals surface area (Å²) in [4.78, 5) is 0. The van der Waals surface area contributed by atoms with Gasteiger partial charge in [0.2, 0.25) is 0 Å². The summed E-state index contributed by atoms with van der Waals surface area (Å²) < 4.78 is 0. The Morgan fingerprint density at radius 1 is 1.06 bits per heavy atom. The topological polar surface area (TPSA) is 0 Å². The molecule has 1 radical (unpaired) electrons. The number of allylic oxidation sites excluding steroid dienone is 8. The maximum absolute atomic E-state index is 3.12. The maximum Gasteiger partial charge on any atom is 4.00 e. The van der Waals surface area contributed by atoms with Gasteiger partial charge in [0.1, 0.15) is 0 Å². The van der Waals surface area contributed by atoms with Gasteiger partial charge in [-0.25, -0.2) is 29.7 Å². The quantitative estimate of drug-likeness (QED) is 0.359. The van der Waals surface area contributed by atoms with Crippen LogP contribution in [-0.4, -0.2) is 9.52 Å². The summed E-state index contributed by atoms with van der Waals surface area (Å²) in [7, 11) is 0.750. The third-order valence-corrected chi connectivity index (χ3v) is 5.60. The van der Waals surface area contributed by atoms with Crippen molar-refractivity contribution in [2.75, 3.05) is 0 Å². The van der Waals surface area contributed by atoms with Crippen LogP contribution in [0.3, 0.4) is 0 Å². The first-order chi connectivity index (χ1) is 13.8. The van der Waals surface area contributed by atoms with Gasteiger partial charge in [-0.2, -0.15) is 6.08 Å². The van der Waals surface area contributed by atoms with E-state index in [1.807, 2.05) is 0 Å². The molecule has 3 aliphatic rings. The van der Waals surface area contributed by atoms with Crippen LogP contribution >= 0.6 is 0 Å². The van der Waals surface area contributed by atoms with Gasteiger partial charge in [-0.3, -0.25) is 6.08 Å². The second-order valence-electron chi connectivity index (χ2n) is 9.48. The van der Waals surface area contributed by atoms with Crippen LogP contribution in [0.15, 0.2) is 65.8 Å². The molecule has 0 heterocycles. The van der Waals surface area contributed by atoms with Gasteiger partial charge in [0.05, 0.1) is 0 Å². The summed E-state index contributed by atoms with van der Waals surface area (Å²) in [5.41, 5.74) is 5.94. The number of fused-ring (bicyclic) bond motifs is 1. The Hall–Kier alpha value is -0.270. The largest absolute Gasteiger partial charge is 4.00 e. The van der Waals surface area contributed by atoms with Crippen LogP contribution in [0.2, 0.25) is 13.1 Å². The molecule has 4 heteroatoms. The Morgan fingerprint density at radius 3 is 2.09 bits per heavy atom. The molecule has 0 aromatic heterocycles. The van der Waals surface area contributed by atoms with Crippen molar-refractivity contribution in [2.24, 2.45) is 11.8 Å². The second-order valence-corrected chi connectivity index (χ2v) is 10.6. The predicted octanol–water partition coefficient (Wildman–Crippen LogP) is 1.64. The first-order valence-corrected chi connectivity index (χ1v) is 13.4. The van der Waals surface area contributed by atoms with Crippen LogP contribution in [0, 0.1) is 24.3 Å². The summed E-state index contributed by atoms with van der Waals surface area (Å²) in [5, 5.41) is 0. The van der Waals surface area contributed by atoms with Gasteiger partial charge in [0.15, 0.2) is 0 Å². The minimum atomic E-state index is 0. The van der Waals surface area contributed by atoms with Gasteiger partial charge in [-0.1, -0.05) is 90.4 Å². The molecule has 173 valence electrons. The molecule has 1 saturated carbocycles. The van der Waals surface area contributed by atoms with Gasteiger partial charge in [0.25, 0.3) is 0 Å². The summed E-state index contributed by atoms with van der Waals surface area (Å²) in [6.07, 6.45) is 19.0. The minimum absolute atomic E-state index is 0. The number of rotatable bonds is 1. The van der Waals surface area contributed by atoms with Crippen LogP contribution in [0.5, 0.6) is 0 Å². The van der Waals surface area contributed by atoms with Crippen LogP contribution in [0.25, 0.3) is 0 Å². The molecule has 0 saturated heterocycles. The number of hydrogen-bond donors (Lipinski definition) is 0. The molecule has 0 amide bonds. The van der Waals surface area contributed by atoms with Gasteiger partial charge in [-0.15, -0.1) is 12.5 Å². The number of benzene rings is 1. The fourth-order valence-corrected chi connectivity index (χ4v) is 4.07. The fourth-order valence-electron chi connectivity index (χ4n) is 4.07. The third kappa shape index (κ3) is 10.3. The van der Waals surface area contributed by atoms with E-state index < -0.39 is 0 Å². The molecule has 0 spiro atoms. The third-order valence-electron chi connectivity index (χ3n) is 5.60. The minimum Gasteiger partial charge on any atom is -1.00 e. The summed E-state index contributed by atoms with van der Waals surface area (Å²) in [6.45, 7) is 15.6. The van der Waals surface area contributed by atoms with Crippen LogP contribution in [-0.2, 0) is 31.6 Å². The molecule has 0 nitrogen and oxygen atoms in total. The average Bonchev–Trinajstić information content (AvgIpc) is 3.29. The van der Waals surface area contributed by atoms with E-state index in [1.165, 1.54) is 23.1 Å². The van der Waals surface area contributed by atoms with E-state index >= 15 is 0 Å². The van der Waals surface area contributed by atoms with Gasteiger partial charge >= 0.3 is 26.2 Å². The molecule has 0 N–H and O–H groups in total. The molecule has 1 fully saturated rings. The van der Waals surface area contributed by atoms with E-state index in [1.54, 1.807) is 5.57 Å². The SMILES string of the molecule is CC1=[C-]CC=C1.CC1[CH-]C2=CC=CC(c3ccc(C(C)(C)C)cc3)C2C1.C[SiH]C.[Cl-].[Cl-].[Zr+4]. The second kappa shape index (κ2) is 16.4. The van der Waals surface area contributed by atoms with Gasteiger partial charge < -0.3 is 24.8 Å². The van der Waals surface area contributed by atoms with Crippen molar-refractivity contribution in [3.63, 3.8) is 0 Å². The average molecular weight is 566 g/mol. The maximum atomic E-state index is 3.12. The van der Waals surface area contributed by atoms with Crippen LogP contribution in [0.1, 0.15) is 64.5 Å². The van der Waals surface area contributed by atoms with Crippen molar-refractivity contribution in [1.29, 1.82) is 0 Å². The summed E-state index contributed by atoms with van der Waals surface area (Å²) in [6, 6.07) is 9.29. The Balaban J connectivity index is 0. The molecule has 3 atom stereocenters. The zero-order valence-corrected chi connectivity index (χ0v) is 25.9. The Kier molecular flexibility index (Phi) is 17.3. The molecular weight excluding hydrogens is 527 g/mol. The van der Waals surface area contributed by atoms with E-state index in [0.29, 0.717) is 11.8 Å². The molecular formula is C28H39Cl2SiZr. The number of hydrogen-bond acceptors (Lipinski definition) is 0. The van der Waals surface area contributed by atoms with Crippen molar-refractivity contribution in [3.05, 3.63) is 89.4 Å². The Bertz CT molecular complexity index is 767. The Labute approximate surface area is 232 Å². The predicted molar refractivity (Wildman–Crippen MR) is 132 cm³/mol. The number of halogens is 2. The van der Waals surface area contributed by atoms with Crippen molar-refractivity contribution in [1.82, 2.24) is 0 Å². The molecule has 1 aromatic rings. The Morgan fingerprint density at radius 2 is 1.66 bits per heavy atom. The molecule has 0 aliphatic heterocycles. The first kappa shape index (κ1) is 33.9. The normalized spacial score (nSPS) is 22.0. The monoisotopic (exact) mass is 563 g/mol. The summed E-state index contributed by atoms with van der Waals surface area (Å²) in [5.74, 6) is 1.98. The molecule has 4 rings (SSSR count). The van der Waals surface area contributed by atoms with Gasteiger partial charge in [-0.05, 0) is 22.5 Å². The van der Waals surface area contributed by atoms with Crippen LogP contribution in [0.4, 0.5) is 0 Å². The van der Waals surface area contributed by atoms with E-state index in [0.717, 1.165) is 21.9 Å². The standard InChI is InChI=1S/C20H25.C6H7.C2H7Si.2ClH.Zr/c1-14-12-16-6-5-7-18(19(16)13-14)15-8-10-17(11-9-15)20(2,3)4;1-6-4-2-3-5-6;1-3-2;;;/h5-12,14,18-19H,13H2,1-4H3;2,4H,3H2,1H3;3H,1-2H3;2*1H;/q2*-1;;;;+4/p-2. The van der Waals surface area contributed by atoms with Crippen molar-refractivity contribution < 1.29 is 51.0 Å². The van der Waals surface area contributed by atoms with E-state index in [4.69, 9.17) is 0 Å². The van der Waals surface area contributed by atoms with E-state index in [9.17, 15) is 0 Å². The van der Waals surface area contributed by atoms with Crippen LogP contribution < -0.4 is 24.8 Å². The van der Waals surface area contributed by atoms with Crippen molar-refractivity contribution >= 4 is 9.52 Å². The smallest absolute Gasteiger partial charge is 1.00 e. The van der Waals surface area contributed by atoms with Crippen molar-refractivity contribution in [2.45, 2.75) is 71.9 Å². The molecule has 3 unspecified atom stereocenters. The van der Waals surface area contributed by atoms with E-state index in [2.05, 4.69) is 115 Å². The fraction of sp³-hybridized carbons (Fsp3) is 0.464. The molecule has 32 heavy (non-hydrogen) atoms. The molecule has 0 bridgehead atoms.